The van der Waals surface area contributed by atoms with E-state index in [2.05, 4.69) is 4.90 Å². The molecule has 2 aliphatic heterocycles. The quantitative estimate of drug-likeness (QED) is 0.806. The van der Waals surface area contributed by atoms with Crippen molar-refractivity contribution in [3.63, 3.8) is 0 Å². The fourth-order valence-corrected chi connectivity index (χ4v) is 4.79. The molecule has 8 heteroatoms. The van der Waals surface area contributed by atoms with Gasteiger partial charge in [0.05, 0.1) is 16.6 Å². The molecule has 2 aromatic heterocycles. The zero-order chi connectivity index (χ0) is 21.1. The smallest absolute Gasteiger partial charge is 0.274 e. The summed E-state index contributed by atoms with van der Waals surface area (Å²) in [5, 5.41) is 0.597. The first-order valence-corrected chi connectivity index (χ1v) is 11.4. The molecule has 0 unspecified atom stereocenters. The average molecular weight is 432 g/mol. The van der Waals surface area contributed by atoms with Crippen LogP contribution in [0.5, 0.6) is 0 Å². The van der Waals surface area contributed by atoms with Gasteiger partial charge in [0.1, 0.15) is 5.65 Å². The molecule has 162 valence electrons. The van der Waals surface area contributed by atoms with E-state index in [9.17, 15) is 9.59 Å². The highest BCUT2D eigenvalue weighted by atomic mass is 35.5. The highest BCUT2D eigenvalue weighted by Crippen LogP contribution is 2.24. The van der Waals surface area contributed by atoms with Crippen LogP contribution in [-0.4, -0.2) is 57.2 Å². The molecule has 1 atom stereocenters. The third-order valence-electron chi connectivity index (χ3n) is 6.31. The van der Waals surface area contributed by atoms with Crippen LogP contribution in [-0.2, 0) is 11.3 Å². The Hall–Kier alpha value is -2.12. The summed E-state index contributed by atoms with van der Waals surface area (Å²) in [6, 6.07) is 3.64. The Morgan fingerprint density at radius 2 is 1.80 bits per heavy atom. The van der Waals surface area contributed by atoms with Gasteiger partial charge in [0.2, 0.25) is 5.91 Å². The number of aromatic nitrogens is 2. The van der Waals surface area contributed by atoms with Gasteiger partial charge in [-0.1, -0.05) is 30.9 Å². The van der Waals surface area contributed by atoms with Crippen LogP contribution in [0.1, 0.15) is 61.1 Å². The van der Waals surface area contributed by atoms with Crippen LogP contribution in [0.25, 0.3) is 5.65 Å². The van der Waals surface area contributed by atoms with Crippen molar-refractivity contribution in [2.75, 3.05) is 26.2 Å². The molecule has 2 saturated heterocycles. The summed E-state index contributed by atoms with van der Waals surface area (Å²) in [6.07, 6.45) is 9.21. The van der Waals surface area contributed by atoms with Gasteiger partial charge in [-0.05, 0) is 44.4 Å². The summed E-state index contributed by atoms with van der Waals surface area (Å²) in [7, 11) is 0. The van der Waals surface area contributed by atoms with Gasteiger partial charge in [-0.3, -0.25) is 14.5 Å². The largest absolute Gasteiger partial charge is 0.369 e. The first-order valence-electron chi connectivity index (χ1n) is 11.0. The van der Waals surface area contributed by atoms with Crippen molar-refractivity contribution >= 4 is 29.1 Å². The number of amides is 2. The number of imidazole rings is 1. The number of carbonyl (C=O) groups excluding carboxylic acids is 2. The van der Waals surface area contributed by atoms with Crippen LogP contribution in [0.2, 0.25) is 5.02 Å². The first-order chi connectivity index (χ1) is 14.5. The summed E-state index contributed by atoms with van der Waals surface area (Å²) in [6.45, 7) is 3.58. The van der Waals surface area contributed by atoms with Crippen LogP contribution in [0.15, 0.2) is 18.3 Å². The second kappa shape index (κ2) is 9.35. The van der Waals surface area contributed by atoms with Gasteiger partial charge in [0.25, 0.3) is 5.91 Å². The molecule has 2 aromatic rings. The number of primary amides is 1. The van der Waals surface area contributed by atoms with Crippen molar-refractivity contribution < 1.29 is 9.59 Å². The maximum atomic E-state index is 13.5. The third kappa shape index (κ3) is 4.62. The molecular formula is C22H30ClN5O2. The number of hydrogen-bond donors (Lipinski definition) is 1. The summed E-state index contributed by atoms with van der Waals surface area (Å²) >= 11 is 6.26. The van der Waals surface area contributed by atoms with E-state index < -0.39 is 0 Å². The van der Waals surface area contributed by atoms with Crippen LogP contribution in [0.4, 0.5) is 0 Å². The summed E-state index contributed by atoms with van der Waals surface area (Å²) in [4.78, 5) is 34.0. The van der Waals surface area contributed by atoms with E-state index >= 15 is 0 Å². The lowest BCUT2D eigenvalue weighted by molar-refractivity contribution is -0.123. The maximum Gasteiger partial charge on any atom is 0.274 e. The van der Waals surface area contributed by atoms with E-state index in [-0.39, 0.29) is 17.7 Å². The van der Waals surface area contributed by atoms with Crippen molar-refractivity contribution in [3.05, 3.63) is 34.7 Å². The summed E-state index contributed by atoms with van der Waals surface area (Å²) in [5.74, 6) is -0.400. The van der Waals surface area contributed by atoms with Crippen molar-refractivity contribution in [2.24, 2.45) is 11.7 Å². The predicted molar refractivity (Wildman–Crippen MR) is 116 cm³/mol. The molecule has 0 radical (unpaired) electrons. The first kappa shape index (κ1) is 21.1. The SMILES string of the molecule is NC(=O)[C@H]1CCCN(Cc2c(C(=O)N3CCCCCCC3)nc3ccc(Cl)cn23)C1. The average Bonchev–Trinajstić information content (AvgIpc) is 3.05. The molecule has 30 heavy (non-hydrogen) atoms. The van der Waals surface area contributed by atoms with Crippen LogP contribution in [0.3, 0.4) is 0 Å². The number of carbonyl (C=O) groups is 2. The topological polar surface area (TPSA) is 83.9 Å². The van der Waals surface area contributed by atoms with E-state index in [1.165, 1.54) is 19.3 Å². The molecular weight excluding hydrogens is 402 g/mol. The minimum absolute atomic E-state index is 0.00446. The maximum absolute atomic E-state index is 13.5. The number of pyridine rings is 1. The van der Waals surface area contributed by atoms with E-state index in [0.717, 1.165) is 51.0 Å². The highest BCUT2D eigenvalue weighted by molar-refractivity contribution is 6.30. The zero-order valence-electron chi connectivity index (χ0n) is 17.4. The normalized spacial score (nSPS) is 21.4. The lowest BCUT2D eigenvalue weighted by Crippen LogP contribution is -2.41. The van der Waals surface area contributed by atoms with Gasteiger partial charge >= 0.3 is 0 Å². The van der Waals surface area contributed by atoms with Gasteiger partial charge in [0, 0.05) is 32.4 Å². The number of fused-ring (bicyclic) bond motifs is 1. The number of piperidine rings is 1. The molecule has 0 aliphatic carbocycles. The number of likely N-dealkylation sites (tertiary alicyclic amines) is 2. The Morgan fingerprint density at radius 1 is 1.07 bits per heavy atom. The zero-order valence-corrected chi connectivity index (χ0v) is 18.1. The molecule has 2 amide bonds. The Labute approximate surface area is 182 Å². The Balaban J connectivity index is 1.65. The predicted octanol–water partition coefficient (Wildman–Crippen LogP) is 3.09. The van der Waals surface area contributed by atoms with Crippen LogP contribution < -0.4 is 5.73 Å². The second-order valence-corrected chi connectivity index (χ2v) is 8.96. The number of hydrogen-bond acceptors (Lipinski definition) is 4. The highest BCUT2D eigenvalue weighted by Gasteiger charge is 2.29. The van der Waals surface area contributed by atoms with E-state index in [0.29, 0.717) is 29.5 Å². The van der Waals surface area contributed by atoms with Gasteiger partial charge in [-0.15, -0.1) is 0 Å². The number of nitrogens with two attached hydrogens (primary N) is 1. The van der Waals surface area contributed by atoms with E-state index in [1.54, 1.807) is 6.07 Å². The Bertz CT molecular complexity index is 920. The summed E-state index contributed by atoms with van der Waals surface area (Å²) < 4.78 is 1.92. The molecule has 0 bridgehead atoms. The van der Waals surface area contributed by atoms with Gasteiger partial charge in [-0.2, -0.15) is 0 Å². The lowest BCUT2D eigenvalue weighted by atomic mass is 9.97. The van der Waals surface area contributed by atoms with Crippen molar-refractivity contribution in [1.29, 1.82) is 0 Å². The minimum atomic E-state index is -0.252. The Kier molecular flexibility index (Phi) is 6.58. The van der Waals surface area contributed by atoms with Crippen LogP contribution >= 0.6 is 11.6 Å². The van der Waals surface area contributed by atoms with E-state index in [4.69, 9.17) is 22.3 Å². The lowest BCUT2D eigenvalue weighted by Gasteiger charge is -2.31. The molecule has 0 aromatic carbocycles. The standard InChI is InChI=1S/C22H30ClN5O2/c23-17-8-9-19-25-20(22(30)27-11-4-2-1-3-5-12-27)18(28(19)14-17)15-26-10-6-7-16(13-26)21(24)29/h8-9,14,16H,1-7,10-13,15H2,(H2,24,29)/t16-/m0/s1. The van der Waals surface area contributed by atoms with Crippen molar-refractivity contribution in [1.82, 2.24) is 19.2 Å². The molecule has 7 nitrogen and oxygen atoms in total. The summed E-state index contributed by atoms with van der Waals surface area (Å²) in [5.41, 5.74) is 7.61. The minimum Gasteiger partial charge on any atom is -0.369 e. The molecule has 0 spiro atoms. The van der Waals surface area contributed by atoms with Crippen molar-refractivity contribution in [3.8, 4) is 0 Å². The van der Waals surface area contributed by atoms with Crippen molar-refractivity contribution in [2.45, 2.75) is 51.5 Å². The molecule has 4 heterocycles. The van der Waals surface area contributed by atoms with Gasteiger partial charge < -0.3 is 15.0 Å². The van der Waals surface area contributed by atoms with Crippen LogP contribution in [0, 0.1) is 5.92 Å². The van der Waals surface area contributed by atoms with Gasteiger partial charge in [-0.25, -0.2) is 4.98 Å². The monoisotopic (exact) mass is 431 g/mol. The Morgan fingerprint density at radius 3 is 2.53 bits per heavy atom. The van der Waals surface area contributed by atoms with Gasteiger partial charge in [0.15, 0.2) is 5.69 Å². The second-order valence-electron chi connectivity index (χ2n) is 8.52. The molecule has 2 fully saturated rings. The molecule has 2 N–H and O–H groups in total. The number of nitrogens with zero attached hydrogens (tertiary/aromatic N) is 4. The molecule has 0 saturated carbocycles. The number of rotatable bonds is 4. The molecule has 4 rings (SSSR count). The fraction of sp³-hybridized carbons (Fsp3) is 0.591. The molecule has 2 aliphatic rings. The van der Waals surface area contributed by atoms with E-state index in [1.807, 2.05) is 21.6 Å². The third-order valence-corrected chi connectivity index (χ3v) is 6.53. The fourth-order valence-electron chi connectivity index (χ4n) is 4.63. The number of halogens is 1.